The summed E-state index contributed by atoms with van der Waals surface area (Å²) >= 11 is 3.38. The number of anilines is 1. The van der Waals surface area contributed by atoms with Crippen molar-refractivity contribution in [3.8, 4) is 5.82 Å². The fourth-order valence-electron chi connectivity index (χ4n) is 1.62. The predicted octanol–water partition coefficient (Wildman–Crippen LogP) is 0.759. The Kier molecular flexibility index (Phi) is 4.10. The minimum Gasteiger partial charge on any atom is -0.378 e. The van der Waals surface area contributed by atoms with Crippen LogP contribution in [0.2, 0.25) is 0 Å². The first kappa shape index (κ1) is 14.8. The number of carbonyl (C=O) groups excluding carboxylic acids is 1. The highest BCUT2D eigenvalue weighted by Gasteiger charge is 2.15. The number of nitrogens with two attached hydrogens (primary N) is 1. The van der Waals surface area contributed by atoms with E-state index in [9.17, 15) is 4.79 Å². The van der Waals surface area contributed by atoms with Gasteiger partial charge >= 0.3 is 0 Å². The number of halogens is 1. The standard InChI is InChI=1S/C12H9BrN8O2/c13-8-4-2-1-3-7(8)5-15-17-12(22)9-6-21(20-16-9)11-10(14)18-23-19-11/h1-6H,(H2,14,18)(H,17,22)/b15-5+. The number of rotatable bonds is 4. The molecule has 3 N–H and O–H groups in total. The van der Waals surface area contributed by atoms with Gasteiger partial charge in [0.1, 0.15) is 0 Å². The van der Waals surface area contributed by atoms with Gasteiger partial charge < -0.3 is 5.73 Å². The van der Waals surface area contributed by atoms with E-state index in [0.29, 0.717) is 0 Å². The quantitative estimate of drug-likeness (QED) is 0.506. The molecule has 0 saturated heterocycles. The van der Waals surface area contributed by atoms with Gasteiger partial charge in [-0.05, 0) is 16.4 Å². The third kappa shape index (κ3) is 3.23. The summed E-state index contributed by atoms with van der Waals surface area (Å²) in [7, 11) is 0. The maximum absolute atomic E-state index is 11.9. The molecule has 23 heavy (non-hydrogen) atoms. The van der Waals surface area contributed by atoms with Crippen LogP contribution in [0.5, 0.6) is 0 Å². The summed E-state index contributed by atoms with van der Waals surface area (Å²) in [6.07, 6.45) is 2.84. The van der Waals surface area contributed by atoms with Gasteiger partial charge in [0.2, 0.25) is 11.6 Å². The highest BCUT2D eigenvalue weighted by molar-refractivity contribution is 9.10. The van der Waals surface area contributed by atoms with Crippen molar-refractivity contribution in [1.82, 2.24) is 30.7 Å². The second-order valence-electron chi connectivity index (χ2n) is 4.24. The van der Waals surface area contributed by atoms with Crippen LogP contribution >= 0.6 is 15.9 Å². The zero-order valence-corrected chi connectivity index (χ0v) is 13.0. The third-order valence-corrected chi connectivity index (χ3v) is 3.44. The molecular formula is C12H9BrN8O2. The first-order chi connectivity index (χ1) is 11.1. The van der Waals surface area contributed by atoms with E-state index < -0.39 is 5.91 Å². The molecule has 11 heteroatoms. The highest BCUT2D eigenvalue weighted by Crippen LogP contribution is 2.13. The van der Waals surface area contributed by atoms with E-state index in [1.54, 1.807) is 0 Å². The van der Waals surface area contributed by atoms with Crippen molar-refractivity contribution in [2.75, 3.05) is 5.73 Å². The molecule has 0 bridgehead atoms. The molecule has 0 aliphatic rings. The summed E-state index contributed by atoms with van der Waals surface area (Å²) in [5.41, 5.74) is 8.74. The number of benzene rings is 1. The van der Waals surface area contributed by atoms with Crippen LogP contribution in [0.25, 0.3) is 5.82 Å². The van der Waals surface area contributed by atoms with E-state index in [2.05, 4.69) is 51.7 Å². The average Bonchev–Trinajstić information content (AvgIpc) is 3.17. The molecule has 116 valence electrons. The van der Waals surface area contributed by atoms with Gasteiger partial charge in [0.25, 0.3) is 5.91 Å². The second kappa shape index (κ2) is 6.36. The van der Waals surface area contributed by atoms with E-state index in [0.717, 1.165) is 10.0 Å². The first-order valence-electron chi connectivity index (χ1n) is 6.24. The Balaban J connectivity index is 1.69. The molecule has 0 atom stereocenters. The Morgan fingerprint density at radius 1 is 1.39 bits per heavy atom. The molecule has 10 nitrogen and oxygen atoms in total. The second-order valence-corrected chi connectivity index (χ2v) is 5.10. The Hall–Kier alpha value is -3.08. The molecule has 2 aromatic heterocycles. The Morgan fingerprint density at radius 2 is 2.22 bits per heavy atom. The van der Waals surface area contributed by atoms with E-state index in [4.69, 9.17) is 5.73 Å². The number of hydrazone groups is 1. The zero-order chi connectivity index (χ0) is 16.2. The first-order valence-corrected chi connectivity index (χ1v) is 7.03. The van der Waals surface area contributed by atoms with Crippen molar-refractivity contribution < 1.29 is 9.42 Å². The predicted molar refractivity (Wildman–Crippen MR) is 82.8 cm³/mol. The Morgan fingerprint density at radius 3 is 2.96 bits per heavy atom. The topological polar surface area (TPSA) is 137 Å². The lowest BCUT2D eigenvalue weighted by molar-refractivity contribution is 0.0950. The number of nitrogen functional groups attached to an aromatic ring is 1. The maximum Gasteiger partial charge on any atom is 0.293 e. The summed E-state index contributed by atoms with van der Waals surface area (Å²) < 4.78 is 6.49. The molecule has 1 aromatic carbocycles. The molecule has 1 amide bonds. The molecule has 0 spiro atoms. The molecule has 0 fully saturated rings. The lowest BCUT2D eigenvalue weighted by atomic mass is 10.2. The van der Waals surface area contributed by atoms with Gasteiger partial charge in [-0.3, -0.25) is 4.79 Å². The number of nitrogens with zero attached hydrogens (tertiary/aromatic N) is 6. The number of aromatic nitrogens is 5. The summed E-state index contributed by atoms with van der Waals surface area (Å²) in [6.45, 7) is 0. The summed E-state index contributed by atoms with van der Waals surface area (Å²) in [5, 5.41) is 18.3. The van der Waals surface area contributed by atoms with Crippen LogP contribution < -0.4 is 11.2 Å². The van der Waals surface area contributed by atoms with Crippen LogP contribution in [-0.4, -0.2) is 37.4 Å². The highest BCUT2D eigenvalue weighted by atomic mass is 79.9. The average molecular weight is 377 g/mol. The van der Waals surface area contributed by atoms with Crippen LogP contribution in [0.4, 0.5) is 5.82 Å². The summed E-state index contributed by atoms with van der Waals surface area (Å²) in [5.74, 6) is -0.350. The van der Waals surface area contributed by atoms with Gasteiger partial charge in [-0.15, -0.1) is 5.10 Å². The van der Waals surface area contributed by atoms with Crippen LogP contribution in [-0.2, 0) is 0 Å². The molecule has 0 radical (unpaired) electrons. The number of carbonyl (C=O) groups is 1. The van der Waals surface area contributed by atoms with Crippen molar-refractivity contribution >= 4 is 33.9 Å². The molecular weight excluding hydrogens is 368 g/mol. The molecule has 0 unspecified atom stereocenters. The van der Waals surface area contributed by atoms with E-state index >= 15 is 0 Å². The molecule has 0 aliphatic carbocycles. The molecule has 2 heterocycles. The fraction of sp³-hybridized carbons (Fsp3) is 0. The van der Waals surface area contributed by atoms with Crippen LogP contribution in [0.1, 0.15) is 16.1 Å². The molecule has 0 aliphatic heterocycles. The summed E-state index contributed by atoms with van der Waals surface area (Å²) in [6, 6.07) is 7.44. The maximum atomic E-state index is 11.9. The third-order valence-electron chi connectivity index (χ3n) is 2.71. The van der Waals surface area contributed by atoms with E-state index in [-0.39, 0.29) is 17.3 Å². The van der Waals surface area contributed by atoms with Crippen LogP contribution in [0, 0.1) is 0 Å². The van der Waals surface area contributed by atoms with Crippen molar-refractivity contribution in [2.24, 2.45) is 5.10 Å². The zero-order valence-electron chi connectivity index (χ0n) is 11.4. The molecule has 3 rings (SSSR count). The van der Waals surface area contributed by atoms with E-state index in [1.807, 2.05) is 24.3 Å². The van der Waals surface area contributed by atoms with Gasteiger partial charge in [-0.1, -0.05) is 39.3 Å². The van der Waals surface area contributed by atoms with Gasteiger partial charge in [-0.25, -0.2) is 10.1 Å². The Bertz CT molecular complexity index is 871. The van der Waals surface area contributed by atoms with Gasteiger partial charge in [0.05, 0.1) is 12.4 Å². The van der Waals surface area contributed by atoms with E-state index in [1.165, 1.54) is 17.1 Å². The molecule has 3 aromatic rings. The van der Waals surface area contributed by atoms with Gasteiger partial charge in [0.15, 0.2) is 5.69 Å². The number of nitrogens with one attached hydrogen (secondary N) is 1. The summed E-state index contributed by atoms with van der Waals surface area (Å²) in [4.78, 5) is 11.9. The minimum atomic E-state index is -0.533. The van der Waals surface area contributed by atoms with Crippen LogP contribution in [0.15, 0.2) is 44.7 Å². The number of amides is 1. The van der Waals surface area contributed by atoms with Crippen molar-refractivity contribution in [1.29, 1.82) is 0 Å². The number of hydrogen-bond acceptors (Lipinski definition) is 8. The SMILES string of the molecule is Nc1nonc1-n1cc(C(=O)N/N=C/c2ccccc2Br)nn1. The number of hydrogen-bond donors (Lipinski definition) is 2. The lowest BCUT2D eigenvalue weighted by Crippen LogP contribution is -2.18. The fourth-order valence-corrected chi connectivity index (χ4v) is 2.01. The van der Waals surface area contributed by atoms with Gasteiger partial charge in [-0.2, -0.15) is 9.78 Å². The lowest BCUT2D eigenvalue weighted by Gasteiger charge is -1.97. The smallest absolute Gasteiger partial charge is 0.293 e. The monoisotopic (exact) mass is 376 g/mol. The Labute approximate surface area is 137 Å². The van der Waals surface area contributed by atoms with Crippen molar-refractivity contribution in [3.63, 3.8) is 0 Å². The van der Waals surface area contributed by atoms with Crippen LogP contribution in [0.3, 0.4) is 0 Å². The van der Waals surface area contributed by atoms with Gasteiger partial charge in [0, 0.05) is 10.0 Å². The largest absolute Gasteiger partial charge is 0.378 e. The molecule has 0 saturated carbocycles. The minimum absolute atomic E-state index is 0.0359. The normalized spacial score (nSPS) is 11.0. The van der Waals surface area contributed by atoms with Crippen molar-refractivity contribution in [3.05, 3.63) is 46.2 Å². The van der Waals surface area contributed by atoms with Crippen molar-refractivity contribution in [2.45, 2.75) is 0 Å².